The second-order valence-corrected chi connectivity index (χ2v) is 11.1. The maximum absolute atomic E-state index is 13.2. The molecule has 4 nitrogen and oxygen atoms in total. The Morgan fingerprint density at radius 3 is 1.62 bits per heavy atom. The highest BCUT2D eigenvalue weighted by Crippen LogP contribution is 2.53. The maximum Gasteiger partial charge on any atom is 0.341 e. The lowest BCUT2D eigenvalue weighted by molar-refractivity contribution is 0.0973. The van der Waals surface area contributed by atoms with E-state index in [-0.39, 0.29) is 29.8 Å². The van der Waals surface area contributed by atoms with E-state index in [1.807, 2.05) is 12.1 Å². The Morgan fingerprint density at radius 1 is 0.923 bits per heavy atom. The molecule has 0 bridgehead atoms. The molecule has 1 atom stereocenters. The molecule has 0 aliphatic carbocycles. The smallest absolute Gasteiger partial charge is 0.308 e. The highest BCUT2D eigenvalue weighted by molar-refractivity contribution is 7.55. The van der Waals surface area contributed by atoms with Crippen LogP contribution >= 0.6 is 7.60 Å². The fourth-order valence-corrected chi connectivity index (χ4v) is 4.32. The molecule has 0 fully saturated rings. The quantitative estimate of drug-likeness (QED) is 0.421. The summed E-state index contributed by atoms with van der Waals surface area (Å²) in [6.45, 7) is 18.4. The topological polar surface area (TPSA) is 52.6 Å². The third-order valence-corrected chi connectivity index (χ3v) is 6.84. The predicted molar refractivity (Wildman–Crippen MR) is 108 cm³/mol. The Bertz CT molecular complexity index is 638. The lowest BCUT2D eigenvalue weighted by Crippen LogP contribution is -2.23. The van der Waals surface area contributed by atoms with Gasteiger partial charge in [0, 0.05) is 5.56 Å². The highest BCUT2D eigenvalue weighted by Gasteiger charge is 2.38. The average Bonchev–Trinajstić information content (AvgIpc) is 2.51. The van der Waals surface area contributed by atoms with Gasteiger partial charge in [0.2, 0.25) is 0 Å². The van der Waals surface area contributed by atoms with E-state index in [2.05, 4.69) is 47.6 Å². The van der Waals surface area contributed by atoms with Crippen molar-refractivity contribution in [3.05, 3.63) is 34.9 Å². The summed E-state index contributed by atoms with van der Waals surface area (Å²) in [6, 6.07) is 5.98. The molecule has 1 aromatic rings. The molecule has 1 aromatic carbocycles. The number of carbonyl (C=O) groups excluding carboxylic acids is 1. The van der Waals surface area contributed by atoms with Crippen molar-refractivity contribution in [3.8, 4) is 0 Å². The van der Waals surface area contributed by atoms with Crippen LogP contribution in [0, 0.1) is 0 Å². The largest absolute Gasteiger partial charge is 0.341 e. The molecule has 5 heteroatoms. The first-order valence-corrected chi connectivity index (χ1v) is 11.0. The van der Waals surface area contributed by atoms with Gasteiger partial charge in [-0.3, -0.25) is 9.36 Å². The molecule has 0 saturated heterocycles. The lowest BCUT2D eigenvalue weighted by atomic mass is 9.79. The van der Waals surface area contributed by atoms with Crippen LogP contribution < -0.4 is 0 Å². The van der Waals surface area contributed by atoms with Crippen LogP contribution in [0.25, 0.3) is 0 Å². The summed E-state index contributed by atoms with van der Waals surface area (Å²) in [6.07, 6.45) is 0. The second-order valence-electron chi connectivity index (χ2n) is 8.71. The van der Waals surface area contributed by atoms with Crippen LogP contribution in [-0.2, 0) is 24.4 Å². The van der Waals surface area contributed by atoms with Crippen molar-refractivity contribution in [1.82, 2.24) is 0 Å². The van der Waals surface area contributed by atoms with Crippen molar-refractivity contribution < 1.29 is 18.4 Å². The molecule has 0 spiro atoms. The molecule has 0 aromatic heterocycles. The van der Waals surface area contributed by atoms with Crippen molar-refractivity contribution in [2.75, 3.05) is 13.2 Å². The Kier molecular flexibility index (Phi) is 7.43. The van der Waals surface area contributed by atoms with Crippen molar-refractivity contribution >= 4 is 13.4 Å². The van der Waals surface area contributed by atoms with Gasteiger partial charge in [0.1, 0.15) is 5.66 Å². The predicted octanol–water partition coefficient (Wildman–Crippen LogP) is 6.12. The van der Waals surface area contributed by atoms with E-state index in [1.54, 1.807) is 20.8 Å². The number of hydrogen-bond acceptors (Lipinski definition) is 4. The van der Waals surface area contributed by atoms with Crippen LogP contribution in [-0.4, -0.2) is 24.7 Å². The molecule has 0 heterocycles. The first-order chi connectivity index (χ1) is 11.8. The molecule has 0 amide bonds. The van der Waals surface area contributed by atoms with Gasteiger partial charge in [-0.15, -0.1) is 0 Å². The van der Waals surface area contributed by atoms with Crippen LogP contribution in [0.2, 0.25) is 0 Å². The summed E-state index contributed by atoms with van der Waals surface area (Å²) < 4.78 is 23.8. The number of rotatable bonds is 7. The summed E-state index contributed by atoms with van der Waals surface area (Å²) in [5.41, 5.74) is 1.71. The van der Waals surface area contributed by atoms with E-state index in [0.29, 0.717) is 5.56 Å². The minimum Gasteiger partial charge on any atom is -0.308 e. The van der Waals surface area contributed by atoms with E-state index >= 15 is 0 Å². The van der Waals surface area contributed by atoms with E-state index in [0.717, 1.165) is 11.1 Å². The van der Waals surface area contributed by atoms with Gasteiger partial charge < -0.3 is 9.05 Å². The molecule has 0 radical (unpaired) electrons. The monoisotopic (exact) mass is 382 g/mol. The van der Waals surface area contributed by atoms with E-state index in [4.69, 9.17) is 9.05 Å². The van der Waals surface area contributed by atoms with Crippen LogP contribution in [0.1, 0.15) is 83.8 Å². The van der Waals surface area contributed by atoms with Gasteiger partial charge in [0.05, 0.1) is 13.2 Å². The molecule has 1 unspecified atom stereocenters. The first-order valence-electron chi connectivity index (χ1n) is 9.35. The van der Waals surface area contributed by atoms with E-state index in [1.165, 1.54) is 0 Å². The number of carbonyl (C=O) groups is 1. The SMILES string of the molecule is CCOP(=O)(OCC)C(C)C(=O)c1cc(C(C)(C)C)cc(C(C)(C)C)c1. The summed E-state index contributed by atoms with van der Waals surface area (Å²) in [5, 5.41) is 0. The van der Waals surface area contributed by atoms with Crippen molar-refractivity contribution in [2.45, 2.75) is 78.8 Å². The molecular formula is C21H35O4P. The Balaban J connectivity index is 3.44. The van der Waals surface area contributed by atoms with Crippen LogP contribution in [0.3, 0.4) is 0 Å². The van der Waals surface area contributed by atoms with E-state index < -0.39 is 13.3 Å². The summed E-state index contributed by atoms with van der Waals surface area (Å²) in [4.78, 5) is 13.2. The van der Waals surface area contributed by atoms with Gasteiger partial charge >= 0.3 is 7.60 Å². The molecule has 148 valence electrons. The lowest BCUT2D eigenvalue weighted by Gasteiger charge is -2.27. The third kappa shape index (κ3) is 5.52. The van der Waals surface area contributed by atoms with Gasteiger partial charge in [-0.2, -0.15) is 0 Å². The van der Waals surface area contributed by atoms with Gasteiger partial charge in [-0.05, 0) is 54.9 Å². The maximum atomic E-state index is 13.2. The highest BCUT2D eigenvalue weighted by atomic mass is 31.2. The van der Waals surface area contributed by atoms with Crippen molar-refractivity contribution in [1.29, 1.82) is 0 Å². The van der Waals surface area contributed by atoms with E-state index in [9.17, 15) is 9.36 Å². The molecule has 0 aliphatic rings. The normalized spacial score (nSPS) is 14.3. The average molecular weight is 382 g/mol. The standard InChI is InChI=1S/C21H35O4P/c1-10-24-26(23,25-11-2)15(3)19(22)16-12-17(20(4,5)6)14-18(13-16)21(7,8)9/h12-15H,10-11H2,1-9H3. The molecular weight excluding hydrogens is 347 g/mol. The Hall–Kier alpha value is -0.960. The van der Waals surface area contributed by atoms with Gasteiger partial charge in [-0.1, -0.05) is 47.6 Å². The molecule has 26 heavy (non-hydrogen) atoms. The number of hydrogen-bond donors (Lipinski definition) is 0. The number of ketones is 1. The van der Waals surface area contributed by atoms with Crippen LogP contribution in [0.15, 0.2) is 18.2 Å². The summed E-state index contributed by atoms with van der Waals surface area (Å²) in [5.74, 6) is -0.202. The van der Waals surface area contributed by atoms with Crippen molar-refractivity contribution in [2.24, 2.45) is 0 Å². The van der Waals surface area contributed by atoms with Crippen LogP contribution in [0.5, 0.6) is 0 Å². The molecule has 0 N–H and O–H groups in total. The Labute approximate surface area is 159 Å². The number of benzene rings is 1. The molecule has 0 saturated carbocycles. The zero-order valence-electron chi connectivity index (χ0n) is 17.8. The molecule has 0 aliphatic heterocycles. The third-order valence-electron chi connectivity index (χ3n) is 4.42. The first kappa shape index (κ1) is 23.1. The summed E-state index contributed by atoms with van der Waals surface area (Å²) >= 11 is 0. The minimum absolute atomic E-state index is 0.0942. The zero-order valence-corrected chi connectivity index (χ0v) is 18.7. The Morgan fingerprint density at radius 2 is 1.31 bits per heavy atom. The second kappa shape index (κ2) is 8.37. The fraction of sp³-hybridized carbons (Fsp3) is 0.667. The zero-order chi connectivity index (χ0) is 20.3. The summed E-state index contributed by atoms with van der Waals surface area (Å²) in [7, 11) is -3.49. The van der Waals surface area contributed by atoms with Gasteiger partial charge in [-0.25, -0.2) is 0 Å². The van der Waals surface area contributed by atoms with Gasteiger partial charge in [0.25, 0.3) is 0 Å². The fourth-order valence-electron chi connectivity index (χ4n) is 2.64. The van der Waals surface area contributed by atoms with Crippen LogP contribution in [0.4, 0.5) is 0 Å². The minimum atomic E-state index is -3.49. The van der Waals surface area contributed by atoms with Crippen molar-refractivity contribution in [3.63, 3.8) is 0 Å². The number of Topliss-reactive ketones (excluding diaryl/α,β-unsaturated/α-hetero) is 1. The van der Waals surface area contributed by atoms with Gasteiger partial charge in [0.15, 0.2) is 5.78 Å². The molecule has 1 rings (SSSR count).